The largest absolute Gasteiger partial charge is 0.497 e. The smallest absolute Gasteiger partial charge is 0.233 e. The Labute approximate surface area is 164 Å². The van der Waals surface area contributed by atoms with E-state index in [1.54, 1.807) is 13.3 Å². The molecule has 2 heterocycles. The summed E-state index contributed by atoms with van der Waals surface area (Å²) in [5.41, 5.74) is 1.04. The lowest BCUT2D eigenvalue weighted by Crippen LogP contribution is -2.36. The lowest BCUT2D eigenvalue weighted by molar-refractivity contribution is -0.120. The van der Waals surface area contributed by atoms with Crippen molar-refractivity contribution in [2.24, 2.45) is 0 Å². The van der Waals surface area contributed by atoms with E-state index in [1.807, 2.05) is 43.3 Å². The molecule has 6 nitrogen and oxygen atoms in total. The van der Waals surface area contributed by atoms with Gasteiger partial charge in [-0.3, -0.25) is 4.79 Å². The first-order valence-corrected chi connectivity index (χ1v) is 9.90. The molecule has 1 saturated heterocycles. The van der Waals surface area contributed by atoms with Crippen molar-refractivity contribution in [1.82, 2.24) is 10.3 Å². The number of hydrogen-bond acceptors (Lipinski definition) is 6. The highest BCUT2D eigenvalue weighted by molar-refractivity contribution is 8.00. The van der Waals surface area contributed by atoms with Crippen LogP contribution >= 0.6 is 11.8 Å². The van der Waals surface area contributed by atoms with Gasteiger partial charge in [-0.1, -0.05) is 0 Å². The number of carbonyl (C=O) groups is 1. The fourth-order valence-electron chi connectivity index (χ4n) is 2.78. The molecular formula is C20H25N3O3S. The molecule has 1 aromatic carbocycles. The molecule has 1 atom stereocenters. The predicted molar refractivity (Wildman–Crippen MR) is 107 cm³/mol. The maximum atomic E-state index is 12.4. The van der Waals surface area contributed by atoms with Crippen LogP contribution in [0.5, 0.6) is 5.75 Å². The summed E-state index contributed by atoms with van der Waals surface area (Å²) in [6.45, 7) is 5.55. The third kappa shape index (κ3) is 5.61. The van der Waals surface area contributed by atoms with Crippen molar-refractivity contribution < 1.29 is 14.3 Å². The minimum atomic E-state index is -0.182. The number of ether oxygens (including phenoxy) is 2. The summed E-state index contributed by atoms with van der Waals surface area (Å²) in [5.74, 6) is 1.76. The minimum Gasteiger partial charge on any atom is -0.497 e. The number of nitrogens with zero attached hydrogens (tertiary/aromatic N) is 2. The van der Waals surface area contributed by atoms with Crippen LogP contribution in [0.3, 0.4) is 0 Å². The zero-order valence-electron chi connectivity index (χ0n) is 15.7. The Morgan fingerprint density at radius 3 is 2.74 bits per heavy atom. The second kappa shape index (κ2) is 9.62. The van der Waals surface area contributed by atoms with Gasteiger partial charge in [0.2, 0.25) is 5.91 Å². The Balaban J connectivity index is 1.51. The summed E-state index contributed by atoms with van der Waals surface area (Å²) in [6, 6.07) is 11.7. The Morgan fingerprint density at radius 1 is 1.30 bits per heavy atom. The summed E-state index contributed by atoms with van der Waals surface area (Å²) >= 11 is 1.53. The van der Waals surface area contributed by atoms with Crippen molar-refractivity contribution in [3.63, 3.8) is 0 Å². The topological polar surface area (TPSA) is 63.7 Å². The first-order valence-electron chi connectivity index (χ1n) is 9.02. The van der Waals surface area contributed by atoms with Gasteiger partial charge in [-0.25, -0.2) is 4.98 Å². The van der Waals surface area contributed by atoms with E-state index in [4.69, 9.17) is 9.47 Å². The molecule has 7 heteroatoms. The highest BCUT2D eigenvalue weighted by atomic mass is 32.2. The minimum absolute atomic E-state index is 0.0144. The van der Waals surface area contributed by atoms with E-state index in [1.165, 1.54) is 11.8 Å². The normalized spacial score (nSPS) is 15.3. The van der Waals surface area contributed by atoms with Crippen molar-refractivity contribution in [2.45, 2.75) is 23.6 Å². The fraction of sp³-hybridized carbons (Fsp3) is 0.400. The van der Waals surface area contributed by atoms with Gasteiger partial charge in [0.1, 0.15) is 11.6 Å². The molecule has 27 heavy (non-hydrogen) atoms. The molecule has 1 fully saturated rings. The van der Waals surface area contributed by atoms with Crippen molar-refractivity contribution in [3.05, 3.63) is 48.2 Å². The highest BCUT2D eigenvalue weighted by Crippen LogP contribution is 2.25. The summed E-state index contributed by atoms with van der Waals surface area (Å²) in [6.07, 6.45) is 1.79. The average Bonchev–Trinajstić information content (AvgIpc) is 2.73. The number of nitrogens with one attached hydrogen (secondary N) is 1. The predicted octanol–water partition coefficient (Wildman–Crippen LogP) is 2.72. The lowest BCUT2D eigenvalue weighted by atomic mass is 10.2. The molecule has 144 valence electrons. The van der Waals surface area contributed by atoms with Gasteiger partial charge in [-0.2, -0.15) is 0 Å². The van der Waals surface area contributed by atoms with Crippen LogP contribution < -0.4 is 15.0 Å². The number of hydrogen-bond donors (Lipinski definition) is 1. The van der Waals surface area contributed by atoms with Crippen LogP contribution in [0.15, 0.2) is 47.5 Å². The number of anilines is 1. The number of benzene rings is 1. The molecule has 1 aromatic heterocycles. The van der Waals surface area contributed by atoms with Crippen molar-refractivity contribution in [1.29, 1.82) is 0 Å². The Hall–Kier alpha value is -2.25. The molecule has 1 aliphatic heterocycles. The van der Waals surface area contributed by atoms with Gasteiger partial charge >= 0.3 is 0 Å². The molecular weight excluding hydrogens is 362 g/mol. The standard InChI is InChI=1S/C20H25N3O3S/c1-15(27-18-5-3-17(25-2)4-6-18)20(24)22-14-16-7-8-21-19(13-16)23-9-11-26-12-10-23/h3-8,13,15H,9-12,14H2,1-2H3,(H,22,24)/t15-/m0/s1. The first-order chi connectivity index (χ1) is 13.2. The summed E-state index contributed by atoms with van der Waals surface area (Å²) in [7, 11) is 1.64. The Bertz CT molecular complexity index is 748. The highest BCUT2D eigenvalue weighted by Gasteiger charge is 2.15. The monoisotopic (exact) mass is 387 g/mol. The number of rotatable bonds is 7. The summed E-state index contributed by atoms with van der Waals surface area (Å²) in [5, 5.41) is 2.83. The molecule has 0 unspecified atom stereocenters. The SMILES string of the molecule is COc1ccc(S[C@@H](C)C(=O)NCc2ccnc(N3CCOCC3)c2)cc1. The van der Waals surface area contributed by atoms with Gasteiger partial charge in [0.05, 0.1) is 25.6 Å². The summed E-state index contributed by atoms with van der Waals surface area (Å²) in [4.78, 5) is 20.1. The quantitative estimate of drug-likeness (QED) is 0.737. The van der Waals surface area contributed by atoms with Crippen LogP contribution in [-0.2, 0) is 16.1 Å². The van der Waals surface area contributed by atoms with Crippen molar-refractivity contribution in [3.8, 4) is 5.75 Å². The van der Waals surface area contributed by atoms with E-state index in [2.05, 4.69) is 15.2 Å². The average molecular weight is 388 g/mol. The van der Waals surface area contributed by atoms with E-state index in [0.29, 0.717) is 6.54 Å². The molecule has 1 amide bonds. The first kappa shape index (κ1) is 19.5. The number of methoxy groups -OCH3 is 1. The number of thioether (sulfide) groups is 1. The fourth-order valence-corrected chi connectivity index (χ4v) is 3.67. The lowest BCUT2D eigenvalue weighted by Gasteiger charge is -2.28. The third-order valence-corrected chi connectivity index (χ3v) is 5.47. The molecule has 2 aromatic rings. The zero-order chi connectivity index (χ0) is 19.1. The zero-order valence-corrected chi connectivity index (χ0v) is 16.5. The number of morpholine rings is 1. The van der Waals surface area contributed by atoms with Crippen LogP contribution in [0.25, 0.3) is 0 Å². The van der Waals surface area contributed by atoms with Gasteiger partial charge in [-0.05, 0) is 48.9 Å². The van der Waals surface area contributed by atoms with E-state index in [-0.39, 0.29) is 11.2 Å². The molecule has 1 aliphatic rings. The summed E-state index contributed by atoms with van der Waals surface area (Å²) < 4.78 is 10.5. The van der Waals surface area contributed by atoms with Crippen molar-refractivity contribution in [2.75, 3.05) is 38.3 Å². The van der Waals surface area contributed by atoms with Crippen LogP contribution in [0, 0.1) is 0 Å². The van der Waals surface area contributed by atoms with Gasteiger partial charge < -0.3 is 19.7 Å². The third-order valence-electron chi connectivity index (χ3n) is 4.35. The molecule has 3 rings (SSSR count). The molecule has 0 spiro atoms. The second-order valence-corrected chi connectivity index (χ2v) is 7.69. The molecule has 0 aliphatic carbocycles. The maximum absolute atomic E-state index is 12.4. The van der Waals surface area contributed by atoms with E-state index in [0.717, 1.165) is 48.3 Å². The Morgan fingerprint density at radius 2 is 2.04 bits per heavy atom. The van der Waals surface area contributed by atoms with Crippen LogP contribution in [0.1, 0.15) is 12.5 Å². The van der Waals surface area contributed by atoms with Gasteiger partial charge in [0, 0.05) is 30.7 Å². The molecule has 0 saturated carbocycles. The number of aromatic nitrogens is 1. The van der Waals surface area contributed by atoms with Gasteiger partial charge in [0.15, 0.2) is 0 Å². The van der Waals surface area contributed by atoms with Crippen LogP contribution in [-0.4, -0.2) is 49.6 Å². The Kier molecular flexibility index (Phi) is 6.95. The van der Waals surface area contributed by atoms with Crippen LogP contribution in [0.2, 0.25) is 0 Å². The second-order valence-electron chi connectivity index (χ2n) is 6.28. The number of carbonyl (C=O) groups excluding carboxylic acids is 1. The van der Waals surface area contributed by atoms with E-state index >= 15 is 0 Å². The number of pyridine rings is 1. The maximum Gasteiger partial charge on any atom is 0.233 e. The van der Waals surface area contributed by atoms with Crippen molar-refractivity contribution >= 4 is 23.5 Å². The van der Waals surface area contributed by atoms with E-state index < -0.39 is 0 Å². The van der Waals surface area contributed by atoms with Gasteiger partial charge in [-0.15, -0.1) is 11.8 Å². The molecule has 0 bridgehead atoms. The van der Waals surface area contributed by atoms with Gasteiger partial charge in [0.25, 0.3) is 0 Å². The molecule has 1 N–H and O–H groups in total. The van der Waals surface area contributed by atoms with E-state index in [9.17, 15) is 4.79 Å². The number of amides is 1. The molecule has 0 radical (unpaired) electrons. The van der Waals surface area contributed by atoms with Crippen LogP contribution in [0.4, 0.5) is 5.82 Å².